The quantitative estimate of drug-likeness (QED) is 0.573. The van der Waals surface area contributed by atoms with Gasteiger partial charge in [-0.25, -0.2) is 0 Å². The van der Waals surface area contributed by atoms with E-state index in [1.54, 1.807) is 6.92 Å². The molecule has 6 heteroatoms. The summed E-state index contributed by atoms with van der Waals surface area (Å²) in [4.78, 5) is 10.6. The first-order chi connectivity index (χ1) is 9.29. The summed E-state index contributed by atoms with van der Waals surface area (Å²) in [6.45, 7) is 5.18. The summed E-state index contributed by atoms with van der Waals surface area (Å²) >= 11 is 1.28. The fraction of sp³-hybridized carbons (Fsp3) is 0.923. The van der Waals surface area contributed by atoms with Crippen molar-refractivity contribution < 1.29 is 23.7 Å². The Kier molecular flexibility index (Phi) is 10.4. The smallest absolute Gasteiger partial charge is 0.185 e. The number of ether oxygens (including phenoxy) is 4. The summed E-state index contributed by atoms with van der Waals surface area (Å²) < 4.78 is 21.7. The second kappa shape index (κ2) is 11.7. The Morgan fingerprint density at radius 2 is 1.89 bits per heavy atom. The molecule has 1 unspecified atom stereocenters. The molecule has 1 fully saturated rings. The lowest BCUT2D eigenvalue weighted by atomic mass is 10.2. The molecule has 112 valence electrons. The molecule has 0 radical (unpaired) electrons. The van der Waals surface area contributed by atoms with E-state index in [9.17, 15) is 4.79 Å². The first-order valence-electron chi connectivity index (χ1n) is 6.81. The van der Waals surface area contributed by atoms with Crippen LogP contribution in [-0.4, -0.2) is 56.8 Å². The molecule has 19 heavy (non-hydrogen) atoms. The lowest BCUT2D eigenvalue weighted by Crippen LogP contribution is -2.24. The predicted molar refractivity (Wildman–Crippen MR) is 74.3 cm³/mol. The van der Waals surface area contributed by atoms with Gasteiger partial charge in [0.05, 0.1) is 33.0 Å². The molecule has 0 bridgehead atoms. The van der Waals surface area contributed by atoms with Crippen molar-refractivity contribution in [3.63, 3.8) is 0 Å². The average molecular weight is 292 g/mol. The summed E-state index contributed by atoms with van der Waals surface area (Å²) in [6, 6.07) is 0. The normalized spacial score (nSPS) is 19.5. The summed E-state index contributed by atoms with van der Waals surface area (Å²) in [5.41, 5.74) is 0. The van der Waals surface area contributed by atoms with E-state index in [1.807, 2.05) is 0 Å². The van der Waals surface area contributed by atoms with Crippen molar-refractivity contribution >= 4 is 16.9 Å². The molecule has 0 aliphatic carbocycles. The van der Waals surface area contributed by atoms with Crippen molar-refractivity contribution in [3.05, 3.63) is 0 Å². The van der Waals surface area contributed by atoms with Gasteiger partial charge in [-0.3, -0.25) is 4.79 Å². The van der Waals surface area contributed by atoms with E-state index >= 15 is 0 Å². The van der Waals surface area contributed by atoms with Crippen molar-refractivity contribution in [2.75, 3.05) is 45.4 Å². The molecule has 0 N–H and O–H groups in total. The third kappa shape index (κ3) is 10.3. The Bertz CT molecular complexity index is 231. The number of rotatable bonds is 10. The molecule has 1 heterocycles. The van der Waals surface area contributed by atoms with Crippen molar-refractivity contribution in [1.29, 1.82) is 0 Å². The van der Waals surface area contributed by atoms with Crippen LogP contribution in [0, 0.1) is 0 Å². The van der Waals surface area contributed by atoms with Gasteiger partial charge in [0.15, 0.2) is 11.4 Å². The van der Waals surface area contributed by atoms with Gasteiger partial charge in [0.1, 0.15) is 0 Å². The minimum Gasteiger partial charge on any atom is -0.378 e. The first kappa shape index (κ1) is 16.9. The van der Waals surface area contributed by atoms with Crippen LogP contribution in [0.3, 0.4) is 0 Å². The van der Waals surface area contributed by atoms with Crippen LogP contribution < -0.4 is 0 Å². The molecule has 0 amide bonds. The second-order valence-electron chi connectivity index (χ2n) is 4.23. The predicted octanol–water partition coefficient (Wildman–Crippen LogP) is 1.84. The molecule has 0 saturated carbocycles. The van der Waals surface area contributed by atoms with Gasteiger partial charge in [0.25, 0.3) is 0 Å². The lowest BCUT2D eigenvalue weighted by molar-refractivity contribution is -0.169. The number of hydrogen-bond acceptors (Lipinski definition) is 6. The molecule has 0 aromatic rings. The lowest BCUT2D eigenvalue weighted by Gasteiger charge is -2.22. The summed E-state index contributed by atoms with van der Waals surface area (Å²) in [7, 11) is 0. The highest BCUT2D eigenvalue weighted by molar-refractivity contribution is 8.13. The van der Waals surface area contributed by atoms with Gasteiger partial charge in [-0.2, -0.15) is 0 Å². The van der Waals surface area contributed by atoms with Crippen molar-refractivity contribution in [2.45, 2.75) is 32.5 Å². The van der Waals surface area contributed by atoms with Gasteiger partial charge < -0.3 is 18.9 Å². The van der Waals surface area contributed by atoms with Crippen LogP contribution in [0.2, 0.25) is 0 Å². The minimum atomic E-state index is -0.0443. The number of thioether (sulfide) groups is 1. The van der Waals surface area contributed by atoms with E-state index in [0.29, 0.717) is 38.8 Å². The van der Waals surface area contributed by atoms with E-state index in [-0.39, 0.29) is 11.4 Å². The van der Waals surface area contributed by atoms with E-state index in [4.69, 9.17) is 18.9 Å². The van der Waals surface area contributed by atoms with Crippen LogP contribution in [0.5, 0.6) is 0 Å². The standard InChI is InChI=1S/C13H24O5S/c1-12(14)19-11-10-16-7-6-15-8-9-18-13-4-2-3-5-17-13/h13H,2-11H2,1H3. The summed E-state index contributed by atoms with van der Waals surface area (Å²) in [5, 5.41) is 0.127. The van der Waals surface area contributed by atoms with Gasteiger partial charge in [-0.05, 0) is 19.3 Å². The molecule has 1 aliphatic rings. The third-order valence-corrected chi connectivity index (χ3v) is 3.35. The van der Waals surface area contributed by atoms with Crippen LogP contribution in [0.15, 0.2) is 0 Å². The van der Waals surface area contributed by atoms with Crippen LogP contribution in [-0.2, 0) is 23.7 Å². The highest BCUT2D eigenvalue weighted by atomic mass is 32.2. The van der Waals surface area contributed by atoms with E-state index in [2.05, 4.69) is 0 Å². The molecule has 1 saturated heterocycles. The largest absolute Gasteiger partial charge is 0.378 e. The van der Waals surface area contributed by atoms with Crippen LogP contribution in [0.1, 0.15) is 26.2 Å². The van der Waals surface area contributed by atoms with Crippen molar-refractivity contribution in [2.24, 2.45) is 0 Å². The van der Waals surface area contributed by atoms with E-state index < -0.39 is 0 Å². The fourth-order valence-corrected chi connectivity index (χ4v) is 2.14. The first-order valence-corrected chi connectivity index (χ1v) is 7.79. The highest BCUT2D eigenvalue weighted by Crippen LogP contribution is 2.13. The minimum absolute atomic E-state index is 0.0443. The zero-order chi connectivity index (χ0) is 13.8. The Morgan fingerprint density at radius 3 is 2.58 bits per heavy atom. The number of carbonyl (C=O) groups excluding carboxylic acids is 1. The number of hydrogen-bond donors (Lipinski definition) is 0. The molecular formula is C13H24O5S. The Morgan fingerprint density at radius 1 is 1.16 bits per heavy atom. The third-order valence-electron chi connectivity index (χ3n) is 2.57. The maximum absolute atomic E-state index is 10.6. The van der Waals surface area contributed by atoms with Crippen LogP contribution in [0.4, 0.5) is 0 Å². The summed E-state index contributed by atoms with van der Waals surface area (Å²) in [6.07, 6.45) is 3.25. The second-order valence-corrected chi connectivity index (χ2v) is 5.50. The monoisotopic (exact) mass is 292 g/mol. The number of carbonyl (C=O) groups is 1. The average Bonchev–Trinajstić information content (AvgIpc) is 2.42. The molecular weight excluding hydrogens is 268 g/mol. The molecule has 1 aliphatic heterocycles. The molecule has 0 aromatic heterocycles. The highest BCUT2D eigenvalue weighted by Gasteiger charge is 2.13. The maximum atomic E-state index is 10.6. The Labute approximate surface area is 119 Å². The zero-order valence-electron chi connectivity index (χ0n) is 11.6. The van der Waals surface area contributed by atoms with Gasteiger partial charge in [-0.15, -0.1) is 0 Å². The molecule has 1 atom stereocenters. The Balaban J connectivity index is 1.74. The van der Waals surface area contributed by atoms with Gasteiger partial charge in [-0.1, -0.05) is 11.8 Å². The molecule has 0 aromatic carbocycles. The van der Waals surface area contributed by atoms with Crippen LogP contribution >= 0.6 is 11.8 Å². The topological polar surface area (TPSA) is 54.0 Å². The van der Waals surface area contributed by atoms with Crippen molar-refractivity contribution in [3.8, 4) is 0 Å². The molecule has 0 spiro atoms. The van der Waals surface area contributed by atoms with E-state index in [0.717, 1.165) is 19.4 Å². The zero-order valence-corrected chi connectivity index (χ0v) is 12.4. The van der Waals surface area contributed by atoms with Gasteiger partial charge in [0, 0.05) is 19.3 Å². The SMILES string of the molecule is CC(=O)SCCOCCOCCOC1CCCCO1. The van der Waals surface area contributed by atoms with Gasteiger partial charge >= 0.3 is 0 Å². The summed E-state index contributed by atoms with van der Waals surface area (Å²) in [5.74, 6) is 0.706. The Hall–Kier alpha value is -0.140. The van der Waals surface area contributed by atoms with Gasteiger partial charge in [0.2, 0.25) is 0 Å². The van der Waals surface area contributed by atoms with Crippen molar-refractivity contribution in [1.82, 2.24) is 0 Å². The molecule has 1 rings (SSSR count). The fourth-order valence-electron chi connectivity index (χ4n) is 1.65. The maximum Gasteiger partial charge on any atom is 0.185 e. The van der Waals surface area contributed by atoms with E-state index in [1.165, 1.54) is 18.2 Å². The van der Waals surface area contributed by atoms with Crippen LogP contribution in [0.25, 0.3) is 0 Å². The molecule has 5 nitrogen and oxygen atoms in total.